The molecule has 2 heterocycles. The minimum absolute atomic E-state index is 0.272. The minimum Gasteiger partial charge on any atom is -0.402 e. The standard InChI is InChI=1S/C13H16NO4PS.C10H18NO3PS2/c1-3-15-19(20,16-4-2)18-13-10-12(17-14-13)11-8-6-5-7-9-11;1-4-6-16-15(12,13-5-2)17-8-10-7-9(3)11-14-10/h5-10H,3-4H2,1-2H3;7H,4-6,8H2,1-3H3. The maximum Gasteiger partial charge on any atom is 0.381 e. The second-order valence-electron chi connectivity index (χ2n) is 7.18. The summed E-state index contributed by atoms with van der Waals surface area (Å²) in [5.74, 6) is 0.356. The zero-order valence-electron chi connectivity index (χ0n) is 21.7. The second kappa shape index (κ2) is 16.8. The average Bonchev–Trinajstić information content (AvgIpc) is 3.52. The molecular weight excluding hydrogens is 574 g/mol. The monoisotopic (exact) mass is 608 g/mol. The van der Waals surface area contributed by atoms with Crippen LogP contribution in [-0.2, 0) is 35.7 Å². The van der Waals surface area contributed by atoms with Gasteiger partial charge in [0.1, 0.15) is 5.76 Å². The van der Waals surface area contributed by atoms with Crippen LogP contribution in [0.15, 0.2) is 51.5 Å². The van der Waals surface area contributed by atoms with Gasteiger partial charge in [-0.1, -0.05) is 65.2 Å². The summed E-state index contributed by atoms with van der Waals surface area (Å²) in [5.41, 5.74) is 1.75. The maximum atomic E-state index is 12.4. The van der Waals surface area contributed by atoms with Gasteiger partial charge in [0, 0.05) is 29.2 Å². The number of aromatic nitrogens is 2. The van der Waals surface area contributed by atoms with Gasteiger partial charge in [0.2, 0.25) is 0 Å². The van der Waals surface area contributed by atoms with E-state index in [1.807, 2.05) is 64.1 Å². The molecule has 3 aromatic rings. The Labute approximate surface area is 231 Å². The summed E-state index contributed by atoms with van der Waals surface area (Å²) in [6.45, 7) is 7.95. The molecule has 0 saturated carbocycles. The molecular formula is C23H34N2O7P2S3. The third kappa shape index (κ3) is 11.7. The Hall–Kier alpha value is -1.10. The highest BCUT2D eigenvalue weighted by molar-refractivity contribution is 8.89. The van der Waals surface area contributed by atoms with Crippen LogP contribution in [0.25, 0.3) is 11.3 Å². The van der Waals surface area contributed by atoms with Crippen molar-refractivity contribution in [1.29, 1.82) is 0 Å². The van der Waals surface area contributed by atoms with Gasteiger partial charge in [-0.25, -0.2) is 0 Å². The number of aryl methyl sites for hydroxylation is 1. The number of benzene rings is 1. The first-order valence-corrected chi connectivity index (χ1v) is 19.2. The Morgan fingerprint density at radius 1 is 0.919 bits per heavy atom. The molecule has 0 aliphatic carbocycles. The molecule has 1 atom stereocenters. The van der Waals surface area contributed by atoms with E-state index in [1.54, 1.807) is 6.07 Å². The first-order chi connectivity index (χ1) is 17.8. The Morgan fingerprint density at radius 3 is 2.16 bits per heavy atom. The lowest BCUT2D eigenvalue weighted by molar-refractivity contribution is 0.213. The van der Waals surface area contributed by atoms with E-state index in [4.69, 9.17) is 38.9 Å². The van der Waals surface area contributed by atoms with Crippen molar-refractivity contribution >= 4 is 47.1 Å². The molecule has 0 saturated heterocycles. The molecule has 0 fully saturated rings. The van der Waals surface area contributed by atoms with E-state index in [-0.39, 0.29) is 5.88 Å². The zero-order valence-corrected chi connectivity index (χ0v) is 25.9. The molecule has 37 heavy (non-hydrogen) atoms. The summed E-state index contributed by atoms with van der Waals surface area (Å²) in [4.78, 5) is 0. The van der Waals surface area contributed by atoms with Gasteiger partial charge in [0.05, 0.1) is 37.3 Å². The molecule has 0 N–H and O–H groups in total. The predicted molar refractivity (Wildman–Crippen MR) is 155 cm³/mol. The topological polar surface area (TPSA) is 106 Å². The summed E-state index contributed by atoms with van der Waals surface area (Å²) < 4.78 is 44.4. The fourth-order valence-corrected chi connectivity index (χ4v) is 11.2. The Balaban J connectivity index is 0.000000264. The number of hydrogen-bond donors (Lipinski definition) is 0. The highest BCUT2D eigenvalue weighted by Crippen LogP contribution is 2.70. The molecule has 0 aliphatic heterocycles. The van der Waals surface area contributed by atoms with Crippen LogP contribution in [0.2, 0.25) is 0 Å². The molecule has 2 aromatic heterocycles. The van der Waals surface area contributed by atoms with Crippen LogP contribution in [0.3, 0.4) is 0 Å². The van der Waals surface area contributed by atoms with Crippen LogP contribution in [-0.4, -0.2) is 35.9 Å². The number of rotatable bonds is 15. The third-order valence-corrected chi connectivity index (χ3v) is 14.1. The van der Waals surface area contributed by atoms with Crippen molar-refractivity contribution in [1.82, 2.24) is 10.3 Å². The van der Waals surface area contributed by atoms with Gasteiger partial charge in [-0.15, -0.1) is 0 Å². The van der Waals surface area contributed by atoms with Crippen LogP contribution in [0.5, 0.6) is 5.88 Å². The summed E-state index contributed by atoms with van der Waals surface area (Å²) in [6, 6.07) is 13.1. The molecule has 0 bridgehead atoms. The van der Waals surface area contributed by atoms with Gasteiger partial charge in [0.25, 0.3) is 5.88 Å². The lowest BCUT2D eigenvalue weighted by atomic mass is 10.2. The third-order valence-electron chi connectivity index (χ3n) is 4.11. The van der Waals surface area contributed by atoms with E-state index in [0.29, 0.717) is 31.3 Å². The second-order valence-corrected chi connectivity index (χ2v) is 17.6. The quantitative estimate of drug-likeness (QED) is 0.154. The van der Waals surface area contributed by atoms with E-state index in [2.05, 4.69) is 17.2 Å². The minimum atomic E-state index is -2.81. The summed E-state index contributed by atoms with van der Waals surface area (Å²) in [6.07, 6.45) is 0.990. The fourth-order valence-electron chi connectivity index (χ4n) is 2.66. The van der Waals surface area contributed by atoms with Crippen molar-refractivity contribution in [3.8, 4) is 17.2 Å². The average molecular weight is 609 g/mol. The lowest BCUT2D eigenvalue weighted by Crippen LogP contribution is -2.02. The lowest BCUT2D eigenvalue weighted by Gasteiger charge is -2.18. The molecule has 0 aliphatic rings. The molecule has 0 radical (unpaired) electrons. The molecule has 206 valence electrons. The molecule has 1 unspecified atom stereocenters. The molecule has 1 aromatic carbocycles. The molecule has 0 amide bonds. The van der Waals surface area contributed by atoms with Gasteiger partial charge >= 0.3 is 12.5 Å². The first-order valence-electron chi connectivity index (χ1n) is 11.8. The Bertz CT molecular complexity index is 1130. The molecule has 14 heteroatoms. The van der Waals surface area contributed by atoms with Gasteiger partial charge in [-0.05, 0) is 39.3 Å². The van der Waals surface area contributed by atoms with Crippen LogP contribution < -0.4 is 4.52 Å². The molecule has 9 nitrogen and oxygen atoms in total. The zero-order chi connectivity index (χ0) is 27.2. The Kier molecular flexibility index (Phi) is 14.6. The number of nitrogens with zero attached hydrogens (tertiary/aromatic N) is 2. The van der Waals surface area contributed by atoms with Crippen molar-refractivity contribution in [2.75, 3.05) is 25.6 Å². The van der Waals surface area contributed by atoms with Crippen molar-refractivity contribution < 1.29 is 31.7 Å². The van der Waals surface area contributed by atoms with Gasteiger partial charge < -0.3 is 18.1 Å². The van der Waals surface area contributed by atoms with Crippen LogP contribution in [0.1, 0.15) is 45.6 Å². The normalized spacial score (nSPS) is 13.0. The first kappa shape index (κ1) is 32.1. The van der Waals surface area contributed by atoms with E-state index < -0.39 is 12.5 Å². The van der Waals surface area contributed by atoms with Crippen molar-refractivity contribution in [3.05, 3.63) is 53.9 Å². The summed E-state index contributed by atoms with van der Waals surface area (Å²) in [7, 11) is 0. The van der Waals surface area contributed by atoms with Gasteiger partial charge in [-0.3, -0.25) is 13.6 Å². The largest absolute Gasteiger partial charge is 0.402 e. The van der Waals surface area contributed by atoms with Crippen molar-refractivity contribution in [3.63, 3.8) is 0 Å². The highest BCUT2D eigenvalue weighted by Gasteiger charge is 2.25. The molecule has 3 rings (SSSR count). The van der Waals surface area contributed by atoms with Crippen molar-refractivity contribution in [2.45, 2.75) is 46.8 Å². The SMILES string of the molecule is CCCSP(=O)(OCC)SCc1cc(C)no1.CCOP(=S)(OCC)Oc1cc(-c2ccccc2)on1. The van der Waals surface area contributed by atoms with Crippen LogP contribution in [0, 0.1) is 6.92 Å². The number of hydrogen-bond acceptors (Lipinski definition) is 12. The fraction of sp³-hybridized carbons (Fsp3) is 0.478. The molecule has 0 spiro atoms. The Morgan fingerprint density at radius 2 is 1.59 bits per heavy atom. The van der Waals surface area contributed by atoms with E-state index >= 15 is 0 Å². The van der Waals surface area contributed by atoms with Gasteiger partial charge in [0.15, 0.2) is 5.76 Å². The van der Waals surface area contributed by atoms with E-state index in [1.165, 1.54) is 22.8 Å². The summed E-state index contributed by atoms with van der Waals surface area (Å²) >= 11 is 8.00. The predicted octanol–water partition coefficient (Wildman–Crippen LogP) is 8.52. The van der Waals surface area contributed by atoms with Crippen LogP contribution in [0.4, 0.5) is 0 Å². The van der Waals surface area contributed by atoms with E-state index in [0.717, 1.165) is 29.2 Å². The maximum absolute atomic E-state index is 12.4. The smallest absolute Gasteiger partial charge is 0.381 e. The van der Waals surface area contributed by atoms with E-state index in [9.17, 15) is 4.57 Å². The van der Waals surface area contributed by atoms with Crippen molar-refractivity contribution in [2.24, 2.45) is 0 Å². The van der Waals surface area contributed by atoms with Crippen LogP contribution >= 0.6 is 35.3 Å². The van der Waals surface area contributed by atoms with Gasteiger partial charge in [-0.2, -0.15) is 0 Å². The highest BCUT2D eigenvalue weighted by atomic mass is 33.1. The summed E-state index contributed by atoms with van der Waals surface area (Å²) in [5, 5.41) is 7.65.